The smallest absolute Gasteiger partial charge is 0.303 e. The molecule has 19 heavy (non-hydrogen) atoms. The van der Waals surface area contributed by atoms with Crippen LogP contribution in [0.3, 0.4) is 0 Å². The molecule has 0 amide bonds. The Morgan fingerprint density at radius 2 is 2.11 bits per heavy atom. The number of aryl methyl sites for hydroxylation is 1. The van der Waals surface area contributed by atoms with Crippen LogP contribution in [0.4, 0.5) is 0 Å². The molecule has 0 saturated heterocycles. The van der Waals surface area contributed by atoms with Crippen molar-refractivity contribution in [2.45, 2.75) is 26.3 Å². The van der Waals surface area contributed by atoms with Crippen molar-refractivity contribution in [1.29, 1.82) is 0 Å². The molecule has 102 valence electrons. The number of hydrogen-bond donors (Lipinski definition) is 1. The van der Waals surface area contributed by atoms with Crippen molar-refractivity contribution in [3.8, 4) is 0 Å². The Balaban J connectivity index is 2.04. The van der Waals surface area contributed by atoms with Gasteiger partial charge in [-0.2, -0.15) is 0 Å². The van der Waals surface area contributed by atoms with Gasteiger partial charge < -0.3 is 14.4 Å². The van der Waals surface area contributed by atoms with Crippen molar-refractivity contribution in [3.63, 3.8) is 0 Å². The van der Waals surface area contributed by atoms with E-state index in [2.05, 4.69) is 11.0 Å². The van der Waals surface area contributed by atoms with Gasteiger partial charge in [-0.25, -0.2) is 0 Å². The summed E-state index contributed by atoms with van der Waals surface area (Å²) in [5.41, 5.74) is 2.10. The average Bonchev–Trinajstić information content (AvgIpc) is 2.66. The molecule has 0 aliphatic heterocycles. The number of hydrogen-bond acceptors (Lipinski definition) is 3. The van der Waals surface area contributed by atoms with Crippen molar-refractivity contribution in [2.75, 3.05) is 13.6 Å². The van der Waals surface area contributed by atoms with Crippen LogP contribution in [-0.2, 0) is 11.3 Å². The summed E-state index contributed by atoms with van der Waals surface area (Å²) in [5.74, 6) is 0.199. The average molecular weight is 261 g/mol. The molecule has 2 aromatic rings. The minimum Gasteiger partial charge on any atom is -0.481 e. The Bertz CT molecular complexity index is 574. The first-order valence-corrected chi connectivity index (χ1v) is 6.45. The molecule has 0 fully saturated rings. The summed E-state index contributed by atoms with van der Waals surface area (Å²) < 4.78 is 5.72. The normalized spacial score (nSPS) is 11.3. The van der Waals surface area contributed by atoms with E-state index >= 15 is 0 Å². The highest BCUT2D eigenvalue weighted by Gasteiger charge is 2.12. The van der Waals surface area contributed by atoms with Crippen molar-refractivity contribution in [1.82, 2.24) is 4.90 Å². The molecule has 2 rings (SSSR count). The lowest BCUT2D eigenvalue weighted by Crippen LogP contribution is -2.20. The molecule has 0 bridgehead atoms. The number of carbonyl (C=O) groups is 1. The maximum absolute atomic E-state index is 10.5. The van der Waals surface area contributed by atoms with E-state index in [1.165, 1.54) is 5.56 Å². The third-order valence-corrected chi connectivity index (χ3v) is 3.26. The van der Waals surface area contributed by atoms with Crippen molar-refractivity contribution in [2.24, 2.45) is 0 Å². The predicted octanol–water partition coefficient (Wildman–Crippen LogP) is 3.04. The number of para-hydroxylation sites is 1. The van der Waals surface area contributed by atoms with Crippen molar-refractivity contribution >= 4 is 16.9 Å². The van der Waals surface area contributed by atoms with Gasteiger partial charge in [0.2, 0.25) is 0 Å². The lowest BCUT2D eigenvalue weighted by Gasteiger charge is -2.15. The molecular weight excluding hydrogens is 242 g/mol. The molecule has 0 aliphatic rings. The van der Waals surface area contributed by atoms with Crippen LogP contribution in [0, 0.1) is 6.92 Å². The van der Waals surface area contributed by atoms with Crippen LogP contribution >= 0.6 is 0 Å². The van der Waals surface area contributed by atoms with Gasteiger partial charge in [-0.3, -0.25) is 4.79 Å². The molecule has 0 spiro atoms. The molecule has 0 aliphatic carbocycles. The zero-order valence-corrected chi connectivity index (χ0v) is 11.3. The van der Waals surface area contributed by atoms with E-state index in [1.54, 1.807) is 0 Å². The summed E-state index contributed by atoms with van der Waals surface area (Å²) >= 11 is 0. The Labute approximate surface area is 112 Å². The molecule has 1 aromatic heterocycles. The molecule has 1 aromatic carbocycles. The van der Waals surface area contributed by atoms with Gasteiger partial charge in [-0.15, -0.1) is 0 Å². The first-order valence-electron chi connectivity index (χ1n) is 6.45. The number of benzene rings is 1. The minimum absolute atomic E-state index is 0.218. The number of carboxylic acids is 1. The van der Waals surface area contributed by atoms with Crippen LogP contribution in [0.25, 0.3) is 11.0 Å². The van der Waals surface area contributed by atoms with Crippen LogP contribution in [-0.4, -0.2) is 29.6 Å². The number of rotatable bonds is 6. The molecule has 0 saturated carbocycles. The summed E-state index contributed by atoms with van der Waals surface area (Å²) in [6.45, 7) is 3.52. The zero-order valence-electron chi connectivity index (χ0n) is 11.3. The number of carboxylic acid groups (broad SMARTS) is 1. The summed E-state index contributed by atoms with van der Waals surface area (Å²) in [6.07, 6.45) is 0.885. The topological polar surface area (TPSA) is 53.7 Å². The van der Waals surface area contributed by atoms with E-state index < -0.39 is 5.97 Å². The maximum atomic E-state index is 10.5. The molecule has 4 heteroatoms. The van der Waals surface area contributed by atoms with E-state index in [9.17, 15) is 4.79 Å². The molecular formula is C15H19NO3. The lowest BCUT2D eigenvalue weighted by molar-refractivity contribution is -0.137. The van der Waals surface area contributed by atoms with Gasteiger partial charge in [0, 0.05) is 23.9 Å². The van der Waals surface area contributed by atoms with Crippen LogP contribution < -0.4 is 0 Å². The standard InChI is InChI=1S/C15H19NO3/c1-11-13(10-16(2)9-5-8-15(17)18)12-6-3-4-7-14(12)19-11/h3-4,6-7H,5,8-10H2,1-2H3,(H,17,18). The summed E-state index contributed by atoms with van der Waals surface area (Å²) in [6, 6.07) is 8.00. The highest BCUT2D eigenvalue weighted by Crippen LogP contribution is 2.26. The summed E-state index contributed by atoms with van der Waals surface area (Å²) in [5, 5.41) is 9.78. The summed E-state index contributed by atoms with van der Waals surface area (Å²) in [7, 11) is 2.00. The quantitative estimate of drug-likeness (QED) is 0.868. The van der Waals surface area contributed by atoms with Gasteiger partial charge in [0.05, 0.1) is 0 Å². The fourth-order valence-corrected chi connectivity index (χ4v) is 2.27. The molecule has 4 nitrogen and oxygen atoms in total. The van der Waals surface area contributed by atoms with Gasteiger partial charge in [-0.1, -0.05) is 18.2 Å². The summed E-state index contributed by atoms with van der Waals surface area (Å²) in [4.78, 5) is 12.6. The predicted molar refractivity (Wildman–Crippen MR) is 74.2 cm³/mol. The number of nitrogens with zero attached hydrogens (tertiary/aromatic N) is 1. The Kier molecular flexibility index (Phi) is 4.22. The first kappa shape index (κ1) is 13.6. The number of aliphatic carboxylic acids is 1. The van der Waals surface area contributed by atoms with Crippen molar-refractivity contribution < 1.29 is 14.3 Å². The number of fused-ring (bicyclic) bond motifs is 1. The van der Waals surface area contributed by atoms with Gasteiger partial charge in [0.15, 0.2) is 0 Å². The van der Waals surface area contributed by atoms with Crippen LogP contribution in [0.15, 0.2) is 28.7 Å². The fourth-order valence-electron chi connectivity index (χ4n) is 2.27. The van der Waals surface area contributed by atoms with E-state index in [-0.39, 0.29) is 6.42 Å². The Morgan fingerprint density at radius 3 is 2.84 bits per heavy atom. The minimum atomic E-state index is -0.738. The van der Waals surface area contributed by atoms with Crippen molar-refractivity contribution in [3.05, 3.63) is 35.6 Å². The first-order chi connectivity index (χ1) is 9.08. The van der Waals surface area contributed by atoms with E-state index in [4.69, 9.17) is 9.52 Å². The van der Waals surface area contributed by atoms with Crippen LogP contribution in [0.5, 0.6) is 0 Å². The molecule has 0 unspecified atom stereocenters. The van der Waals surface area contributed by atoms with E-state index in [0.29, 0.717) is 6.42 Å². The van der Waals surface area contributed by atoms with E-state index in [0.717, 1.165) is 29.8 Å². The van der Waals surface area contributed by atoms with Gasteiger partial charge in [0.1, 0.15) is 11.3 Å². The Morgan fingerprint density at radius 1 is 1.37 bits per heavy atom. The monoisotopic (exact) mass is 261 g/mol. The lowest BCUT2D eigenvalue weighted by atomic mass is 10.1. The maximum Gasteiger partial charge on any atom is 0.303 e. The van der Waals surface area contributed by atoms with Crippen LogP contribution in [0.2, 0.25) is 0 Å². The third-order valence-electron chi connectivity index (χ3n) is 3.26. The highest BCUT2D eigenvalue weighted by atomic mass is 16.4. The molecule has 1 N–H and O–H groups in total. The highest BCUT2D eigenvalue weighted by molar-refractivity contribution is 5.82. The van der Waals surface area contributed by atoms with Gasteiger partial charge in [0.25, 0.3) is 0 Å². The van der Waals surface area contributed by atoms with Crippen LogP contribution in [0.1, 0.15) is 24.2 Å². The molecule has 1 heterocycles. The molecule has 0 atom stereocenters. The largest absolute Gasteiger partial charge is 0.481 e. The SMILES string of the molecule is Cc1oc2ccccc2c1CN(C)CCCC(=O)O. The second kappa shape index (κ2) is 5.89. The second-order valence-corrected chi connectivity index (χ2v) is 4.87. The van der Waals surface area contributed by atoms with Gasteiger partial charge >= 0.3 is 5.97 Å². The zero-order chi connectivity index (χ0) is 13.8. The molecule has 0 radical (unpaired) electrons. The second-order valence-electron chi connectivity index (χ2n) is 4.87. The van der Waals surface area contributed by atoms with Gasteiger partial charge in [-0.05, 0) is 33.0 Å². The Hall–Kier alpha value is -1.81. The number of furan rings is 1. The fraction of sp³-hybridized carbons (Fsp3) is 0.400. The van der Waals surface area contributed by atoms with E-state index in [1.807, 2.05) is 32.2 Å². The third kappa shape index (κ3) is 3.35.